The minimum Gasteiger partial charge on any atom is -0.414 e. The fourth-order valence-electron chi connectivity index (χ4n) is 1.86. The van der Waals surface area contributed by atoms with Crippen LogP contribution in [0.4, 0.5) is 14.4 Å². The number of aromatic nitrogens is 1. The van der Waals surface area contributed by atoms with Gasteiger partial charge in [0.05, 0.1) is 0 Å². The van der Waals surface area contributed by atoms with Crippen molar-refractivity contribution in [2.45, 2.75) is 0 Å². The highest BCUT2D eigenvalue weighted by Crippen LogP contribution is 2.23. The highest BCUT2D eigenvalue weighted by atomic mass is 19.1. The molecular formula is C10H8BF2N3. The van der Waals surface area contributed by atoms with Crippen molar-refractivity contribution in [1.82, 2.24) is 4.81 Å². The van der Waals surface area contributed by atoms with E-state index in [0.29, 0.717) is 0 Å². The summed E-state index contributed by atoms with van der Waals surface area (Å²) in [7, 11) is 0. The maximum atomic E-state index is 14.1. The number of halogens is 2. The largest absolute Gasteiger partial charge is 0.641 e. The lowest BCUT2D eigenvalue weighted by Crippen LogP contribution is -2.70. The first-order valence-electron chi connectivity index (χ1n) is 4.94. The summed E-state index contributed by atoms with van der Waals surface area (Å²) in [5.74, 6) is 0.553. The molecule has 1 unspecified atom stereocenters. The van der Waals surface area contributed by atoms with Gasteiger partial charge in [-0.3, -0.25) is 0 Å². The Morgan fingerprint density at radius 2 is 2.12 bits per heavy atom. The number of allylic oxidation sites excluding steroid dienone is 2. The Hall–Kier alpha value is -1.98. The van der Waals surface area contributed by atoms with E-state index in [9.17, 15) is 8.63 Å². The Morgan fingerprint density at radius 3 is 3.00 bits per heavy atom. The van der Waals surface area contributed by atoms with Crippen molar-refractivity contribution in [2.24, 2.45) is 4.99 Å². The van der Waals surface area contributed by atoms with Crippen LogP contribution in [0.15, 0.2) is 53.8 Å². The first kappa shape index (κ1) is 9.27. The normalized spacial score (nSPS) is 26.1. The molecule has 0 saturated carbocycles. The smallest absolute Gasteiger partial charge is 0.414 e. The summed E-state index contributed by atoms with van der Waals surface area (Å²) in [6, 6.07) is 4.84. The Kier molecular flexibility index (Phi) is 1.74. The fraction of sp³-hybridized carbons (Fsp3) is 0. The average molecular weight is 218 g/mol. The molecule has 0 bridgehead atoms. The monoisotopic (exact) mass is 218 g/mol. The van der Waals surface area contributed by atoms with Crippen molar-refractivity contribution in [3.05, 3.63) is 48.8 Å². The van der Waals surface area contributed by atoms with Crippen LogP contribution in [0.5, 0.6) is 0 Å². The van der Waals surface area contributed by atoms with E-state index in [-0.39, 0.29) is 11.7 Å². The average Bonchev–Trinajstić information content (AvgIpc) is 2.29. The second-order valence-electron chi connectivity index (χ2n) is 3.63. The number of amidine groups is 1. The van der Waals surface area contributed by atoms with Gasteiger partial charge in [-0.2, -0.15) is 0 Å². The SMILES string of the molecule is F[B-]1([18F])N2C=CC=CC2=Nc2cccc[n+]21. The second kappa shape index (κ2) is 3.01. The number of hydrogen-bond acceptors (Lipinski definition) is 2. The van der Waals surface area contributed by atoms with Gasteiger partial charge in [-0.1, -0.05) is 12.1 Å². The molecule has 6 heteroatoms. The molecular weight excluding hydrogens is 210 g/mol. The van der Waals surface area contributed by atoms with Crippen LogP contribution in [-0.2, 0) is 0 Å². The number of pyridine rings is 1. The van der Waals surface area contributed by atoms with E-state index in [1.165, 1.54) is 12.4 Å². The van der Waals surface area contributed by atoms with Gasteiger partial charge in [0, 0.05) is 18.3 Å². The van der Waals surface area contributed by atoms with Crippen LogP contribution in [0.2, 0.25) is 0 Å². The standard InChI is InChI=1S/C10H8BF2N3/c12-11(13)15-7-3-1-5-9(15)14-10-6-2-4-8-16(10)11/h1-8H/i12-1. The second-order valence-corrected chi connectivity index (χ2v) is 3.63. The summed E-state index contributed by atoms with van der Waals surface area (Å²) in [6.45, 7) is -3.83. The summed E-state index contributed by atoms with van der Waals surface area (Å²) in [6.07, 6.45) is 7.54. The van der Waals surface area contributed by atoms with Gasteiger partial charge in [-0.25, -0.2) is 0 Å². The molecule has 0 spiro atoms. The molecule has 1 aromatic rings. The van der Waals surface area contributed by atoms with Crippen LogP contribution in [0.3, 0.4) is 0 Å². The third-order valence-electron chi connectivity index (χ3n) is 2.63. The zero-order valence-electron chi connectivity index (χ0n) is 8.29. The lowest BCUT2D eigenvalue weighted by Gasteiger charge is -2.36. The van der Waals surface area contributed by atoms with Gasteiger partial charge in [0.2, 0.25) is 5.84 Å². The predicted molar refractivity (Wildman–Crippen MR) is 57.2 cm³/mol. The number of hydrogen-bond donors (Lipinski definition) is 0. The number of nitrogens with zero attached hydrogens (tertiary/aromatic N) is 3. The first-order chi connectivity index (χ1) is 7.69. The zero-order chi connectivity index (χ0) is 11.2. The molecule has 0 N–H and O–H groups in total. The van der Waals surface area contributed by atoms with Crippen LogP contribution in [-0.4, -0.2) is 17.6 Å². The van der Waals surface area contributed by atoms with Gasteiger partial charge in [0.15, 0.2) is 0 Å². The van der Waals surface area contributed by atoms with E-state index in [2.05, 4.69) is 4.99 Å². The molecule has 2 aliphatic heterocycles. The van der Waals surface area contributed by atoms with E-state index < -0.39 is 6.97 Å². The molecule has 3 heterocycles. The molecule has 0 fully saturated rings. The van der Waals surface area contributed by atoms with Crippen LogP contribution < -0.4 is 4.48 Å². The van der Waals surface area contributed by atoms with Gasteiger partial charge < -0.3 is 17.9 Å². The molecule has 16 heavy (non-hydrogen) atoms. The van der Waals surface area contributed by atoms with Gasteiger partial charge >= 0.3 is 6.97 Å². The van der Waals surface area contributed by atoms with E-state index in [1.54, 1.807) is 36.4 Å². The third-order valence-corrected chi connectivity index (χ3v) is 2.63. The summed E-state index contributed by atoms with van der Waals surface area (Å²) in [4.78, 5) is 5.08. The first-order valence-corrected chi connectivity index (χ1v) is 4.94. The molecule has 1 atom stereocenters. The van der Waals surface area contributed by atoms with Crippen molar-refractivity contribution in [3.8, 4) is 0 Å². The summed E-state index contributed by atoms with van der Waals surface area (Å²) < 4.78 is 29.1. The molecule has 2 aliphatic rings. The van der Waals surface area contributed by atoms with E-state index in [1.807, 2.05) is 0 Å². The maximum absolute atomic E-state index is 14.1. The lowest BCUT2D eigenvalue weighted by atomic mass is 9.90. The van der Waals surface area contributed by atoms with Crippen molar-refractivity contribution in [1.29, 1.82) is 0 Å². The highest BCUT2D eigenvalue weighted by Gasteiger charge is 2.48. The fourth-order valence-corrected chi connectivity index (χ4v) is 1.86. The third kappa shape index (κ3) is 1.13. The Morgan fingerprint density at radius 1 is 1.25 bits per heavy atom. The molecule has 0 aliphatic carbocycles. The summed E-state index contributed by atoms with van der Waals surface area (Å²) in [5, 5.41) is 0. The van der Waals surface area contributed by atoms with Crippen molar-refractivity contribution < 1.29 is 13.1 Å². The molecule has 80 valence electrons. The molecule has 0 radical (unpaired) electrons. The van der Waals surface area contributed by atoms with Crippen molar-refractivity contribution in [3.63, 3.8) is 0 Å². The van der Waals surface area contributed by atoms with Crippen molar-refractivity contribution in [2.75, 3.05) is 0 Å². The Bertz CT molecular complexity index is 537. The van der Waals surface area contributed by atoms with Gasteiger partial charge in [0.25, 0.3) is 5.82 Å². The van der Waals surface area contributed by atoms with Crippen LogP contribution in [0, 0.1) is 0 Å². The number of fused-ring (bicyclic) bond motifs is 2. The van der Waals surface area contributed by atoms with Crippen LogP contribution in [0.1, 0.15) is 0 Å². The van der Waals surface area contributed by atoms with E-state index in [0.717, 1.165) is 9.29 Å². The molecule has 0 aromatic carbocycles. The summed E-state index contributed by atoms with van der Waals surface area (Å²) in [5.41, 5.74) is 0. The lowest BCUT2D eigenvalue weighted by molar-refractivity contribution is -0.560. The molecule has 3 rings (SSSR count). The number of aliphatic imine (C=N–C) groups is 1. The molecule has 1 aromatic heterocycles. The molecule has 0 saturated heterocycles. The minimum atomic E-state index is -3.83. The predicted octanol–water partition coefficient (Wildman–Crippen LogP) is 1.63. The minimum absolute atomic E-state index is 0.277. The van der Waals surface area contributed by atoms with Crippen LogP contribution >= 0.6 is 0 Å². The van der Waals surface area contributed by atoms with Gasteiger partial charge in [0.1, 0.15) is 0 Å². The van der Waals surface area contributed by atoms with E-state index in [4.69, 9.17) is 0 Å². The summed E-state index contributed by atoms with van der Waals surface area (Å²) >= 11 is 0. The molecule has 0 amide bonds. The van der Waals surface area contributed by atoms with Gasteiger partial charge in [-0.05, 0) is 23.3 Å². The quantitative estimate of drug-likeness (QED) is 0.605. The maximum Gasteiger partial charge on any atom is 0.641 e. The van der Waals surface area contributed by atoms with Gasteiger partial charge in [-0.15, -0.1) is 0 Å². The Labute approximate surface area is 91.1 Å². The van der Waals surface area contributed by atoms with E-state index >= 15 is 0 Å². The van der Waals surface area contributed by atoms with Crippen LogP contribution in [0.25, 0.3) is 0 Å². The molecule has 3 nitrogen and oxygen atoms in total. The zero-order valence-corrected chi connectivity index (χ0v) is 8.29. The Balaban J connectivity index is 2.26. The number of rotatable bonds is 0. The highest BCUT2D eigenvalue weighted by molar-refractivity contribution is 6.58. The van der Waals surface area contributed by atoms with Crippen molar-refractivity contribution >= 4 is 18.6 Å². The topological polar surface area (TPSA) is 19.5 Å².